The first-order valence-electron chi connectivity index (χ1n) is 9.60. The van der Waals surface area contributed by atoms with Gasteiger partial charge in [0.25, 0.3) is 0 Å². The minimum absolute atomic E-state index is 0.153. The lowest BCUT2D eigenvalue weighted by Gasteiger charge is -2.26. The van der Waals surface area contributed by atoms with Gasteiger partial charge in [0, 0.05) is 23.4 Å². The van der Waals surface area contributed by atoms with Crippen LogP contribution in [0.1, 0.15) is 17.3 Å². The molecule has 0 fully saturated rings. The SMILES string of the molecule is C=C1C=CC(c2cccc(S(C)(=O)=O)c2)=NN1/C(=N\N)C(F)c1ccc2ncccc2c1. The van der Waals surface area contributed by atoms with E-state index in [1.54, 1.807) is 54.7 Å². The molecule has 7 nitrogen and oxygen atoms in total. The van der Waals surface area contributed by atoms with E-state index in [0.29, 0.717) is 22.5 Å². The minimum atomic E-state index is -3.40. The summed E-state index contributed by atoms with van der Waals surface area (Å²) < 4.78 is 39.4. The molecular weight excluding hydrogens is 429 g/mol. The lowest BCUT2D eigenvalue weighted by atomic mass is 10.1. The third-order valence-corrected chi connectivity index (χ3v) is 6.08. The van der Waals surface area contributed by atoms with Crippen molar-refractivity contribution in [2.75, 3.05) is 6.26 Å². The molecule has 1 atom stereocenters. The molecule has 0 saturated carbocycles. The van der Waals surface area contributed by atoms with Crippen LogP contribution >= 0.6 is 0 Å². The highest BCUT2D eigenvalue weighted by Gasteiger charge is 2.27. The summed E-state index contributed by atoms with van der Waals surface area (Å²) in [7, 11) is -3.40. The maximum absolute atomic E-state index is 15.5. The van der Waals surface area contributed by atoms with Gasteiger partial charge in [-0.1, -0.05) is 30.8 Å². The summed E-state index contributed by atoms with van der Waals surface area (Å²) in [5.74, 6) is 5.41. The number of fused-ring (bicyclic) bond motifs is 1. The van der Waals surface area contributed by atoms with Crippen molar-refractivity contribution in [1.82, 2.24) is 9.99 Å². The third kappa shape index (κ3) is 4.15. The van der Waals surface area contributed by atoms with Gasteiger partial charge in [0.2, 0.25) is 0 Å². The van der Waals surface area contributed by atoms with Gasteiger partial charge in [-0.25, -0.2) is 17.8 Å². The van der Waals surface area contributed by atoms with E-state index in [2.05, 4.69) is 21.8 Å². The Kier molecular flexibility index (Phi) is 5.58. The third-order valence-electron chi connectivity index (χ3n) is 4.97. The molecule has 0 bridgehead atoms. The molecule has 1 unspecified atom stereocenters. The molecule has 32 heavy (non-hydrogen) atoms. The van der Waals surface area contributed by atoms with E-state index >= 15 is 4.39 Å². The lowest BCUT2D eigenvalue weighted by Crippen LogP contribution is -2.32. The predicted molar refractivity (Wildman–Crippen MR) is 123 cm³/mol. The van der Waals surface area contributed by atoms with Crippen molar-refractivity contribution in [3.8, 4) is 0 Å². The van der Waals surface area contributed by atoms with E-state index in [-0.39, 0.29) is 10.7 Å². The van der Waals surface area contributed by atoms with Crippen LogP contribution in [-0.4, -0.2) is 36.2 Å². The molecule has 9 heteroatoms. The highest BCUT2D eigenvalue weighted by atomic mass is 32.2. The molecular formula is C23H20FN5O2S. The topological polar surface area (TPSA) is 101 Å². The lowest BCUT2D eigenvalue weighted by molar-refractivity contribution is 0.392. The number of alkyl halides is 1. The average molecular weight is 450 g/mol. The molecule has 1 aliphatic rings. The Morgan fingerprint density at radius 3 is 2.72 bits per heavy atom. The fraction of sp³-hybridized carbons (Fsp3) is 0.0870. The van der Waals surface area contributed by atoms with Crippen molar-refractivity contribution in [2.24, 2.45) is 16.0 Å². The van der Waals surface area contributed by atoms with Gasteiger partial charge in [-0.3, -0.25) is 4.98 Å². The van der Waals surface area contributed by atoms with Crippen LogP contribution in [0.4, 0.5) is 4.39 Å². The number of sulfone groups is 1. The Morgan fingerprint density at radius 1 is 1.16 bits per heavy atom. The Morgan fingerprint density at radius 2 is 1.97 bits per heavy atom. The Hall–Kier alpha value is -3.85. The maximum atomic E-state index is 15.5. The van der Waals surface area contributed by atoms with Crippen molar-refractivity contribution >= 4 is 32.3 Å². The Bertz CT molecular complexity index is 1410. The van der Waals surface area contributed by atoms with Gasteiger partial charge < -0.3 is 5.84 Å². The first-order chi connectivity index (χ1) is 15.3. The van der Waals surface area contributed by atoms with Crippen molar-refractivity contribution in [2.45, 2.75) is 11.1 Å². The molecule has 1 aromatic heterocycles. The number of benzene rings is 2. The highest BCUT2D eigenvalue weighted by Crippen LogP contribution is 2.28. The van der Waals surface area contributed by atoms with Gasteiger partial charge in [-0.05, 0) is 48.0 Å². The molecule has 1 aliphatic heterocycles. The molecule has 4 rings (SSSR count). The normalized spacial score (nSPS) is 15.7. The van der Waals surface area contributed by atoms with Gasteiger partial charge in [0.15, 0.2) is 21.8 Å². The van der Waals surface area contributed by atoms with Crippen molar-refractivity contribution in [1.29, 1.82) is 0 Å². The predicted octanol–water partition coefficient (Wildman–Crippen LogP) is 3.71. The van der Waals surface area contributed by atoms with Gasteiger partial charge in [-0.15, -0.1) is 0 Å². The van der Waals surface area contributed by atoms with Crippen molar-refractivity contribution in [3.05, 3.63) is 96.3 Å². The number of hydrogen-bond acceptors (Lipinski definition) is 6. The van der Waals surface area contributed by atoms with Crippen LogP contribution in [0.15, 0.2) is 100 Å². The summed E-state index contributed by atoms with van der Waals surface area (Å²) in [5.41, 5.74) is 2.41. The zero-order chi connectivity index (χ0) is 22.9. The van der Waals surface area contributed by atoms with E-state index < -0.39 is 16.0 Å². The molecule has 2 aromatic carbocycles. The number of hydrogen-bond donors (Lipinski definition) is 1. The van der Waals surface area contributed by atoms with Crippen molar-refractivity contribution < 1.29 is 12.8 Å². The van der Waals surface area contributed by atoms with E-state index in [1.165, 1.54) is 17.1 Å². The summed E-state index contributed by atoms with van der Waals surface area (Å²) in [6, 6.07) is 15.0. The van der Waals surface area contributed by atoms with Crippen LogP contribution in [0.3, 0.4) is 0 Å². The average Bonchev–Trinajstić information content (AvgIpc) is 2.80. The van der Waals surface area contributed by atoms with Gasteiger partial charge in [0.1, 0.15) is 0 Å². The standard InChI is InChI=1S/C23H20FN5O2S/c1-15-8-10-21(17-5-3-7-19(14-17)32(2,30)31)28-29(15)23(27-25)22(24)18-9-11-20-16(13-18)6-4-12-26-20/h3-14,22H,1,25H2,2H3/b27-23-. The number of nitrogens with zero attached hydrogens (tertiary/aromatic N) is 4. The number of hydrazone groups is 2. The van der Waals surface area contributed by atoms with E-state index in [4.69, 9.17) is 5.84 Å². The molecule has 0 saturated heterocycles. The molecule has 0 amide bonds. The van der Waals surface area contributed by atoms with Crippen molar-refractivity contribution in [3.63, 3.8) is 0 Å². The van der Waals surface area contributed by atoms with Crippen LogP contribution in [0.25, 0.3) is 10.9 Å². The summed E-state index contributed by atoms with van der Waals surface area (Å²) in [6.07, 6.45) is 4.42. The molecule has 3 aromatic rings. The summed E-state index contributed by atoms with van der Waals surface area (Å²) in [6.45, 7) is 3.90. The smallest absolute Gasteiger partial charge is 0.188 e. The summed E-state index contributed by atoms with van der Waals surface area (Å²) >= 11 is 0. The first-order valence-corrected chi connectivity index (χ1v) is 11.5. The van der Waals surface area contributed by atoms with Crippen LogP contribution in [0, 0.1) is 0 Å². The van der Waals surface area contributed by atoms with Gasteiger partial charge in [0.05, 0.1) is 21.8 Å². The second-order valence-corrected chi connectivity index (χ2v) is 9.24. The number of aromatic nitrogens is 1. The van der Waals surface area contributed by atoms with Gasteiger partial charge in [-0.2, -0.15) is 10.2 Å². The number of pyridine rings is 1. The number of allylic oxidation sites excluding steroid dienone is 2. The molecule has 0 radical (unpaired) electrons. The van der Waals surface area contributed by atoms with E-state index in [9.17, 15) is 8.42 Å². The number of nitrogens with two attached hydrogens (primary N) is 1. The maximum Gasteiger partial charge on any atom is 0.188 e. The molecule has 2 N–H and O–H groups in total. The molecule has 162 valence electrons. The van der Waals surface area contributed by atoms with Crippen LogP contribution in [0.2, 0.25) is 0 Å². The second kappa shape index (κ2) is 8.35. The Labute approximate surface area is 185 Å². The van der Waals surface area contributed by atoms with Crippen LogP contribution in [0.5, 0.6) is 0 Å². The summed E-state index contributed by atoms with van der Waals surface area (Å²) in [5, 5.41) is 10.1. The number of amidine groups is 1. The fourth-order valence-corrected chi connectivity index (χ4v) is 3.98. The Balaban J connectivity index is 1.70. The van der Waals surface area contributed by atoms with Gasteiger partial charge >= 0.3 is 0 Å². The largest absolute Gasteiger partial charge is 0.321 e. The fourth-order valence-electron chi connectivity index (χ4n) is 3.32. The van der Waals surface area contributed by atoms with E-state index in [0.717, 1.165) is 17.2 Å². The zero-order valence-electron chi connectivity index (χ0n) is 17.2. The quantitative estimate of drug-likeness (QED) is 0.283. The molecule has 0 spiro atoms. The number of rotatable bonds is 4. The number of halogens is 1. The zero-order valence-corrected chi connectivity index (χ0v) is 18.0. The first kappa shape index (κ1) is 21.4. The van der Waals surface area contributed by atoms with Crippen LogP contribution < -0.4 is 5.84 Å². The summed E-state index contributed by atoms with van der Waals surface area (Å²) in [4.78, 5) is 4.40. The molecule has 2 heterocycles. The monoisotopic (exact) mass is 449 g/mol. The highest BCUT2D eigenvalue weighted by molar-refractivity contribution is 7.90. The van der Waals surface area contributed by atoms with E-state index in [1.807, 2.05) is 6.07 Å². The minimum Gasteiger partial charge on any atom is -0.321 e. The molecule has 0 aliphatic carbocycles. The van der Waals surface area contributed by atoms with Crippen LogP contribution in [-0.2, 0) is 9.84 Å². The second-order valence-electron chi connectivity index (χ2n) is 7.23.